The first kappa shape index (κ1) is 15.6. The van der Waals surface area contributed by atoms with E-state index in [0.29, 0.717) is 5.56 Å². The lowest BCUT2D eigenvalue weighted by Gasteiger charge is -2.08. The van der Waals surface area contributed by atoms with Crippen LogP contribution in [0.25, 0.3) is 11.0 Å². The van der Waals surface area contributed by atoms with Crippen LogP contribution < -0.4 is 5.32 Å². The van der Waals surface area contributed by atoms with Crippen LogP contribution in [0.5, 0.6) is 0 Å². The number of aryl methyl sites for hydroxylation is 1. The molecule has 0 fully saturated rings. The van der Waals surface area contributed by atoms with Crippen molar-refractivity contribution in [3.05, 3.63) is 54.4 Å². The van der Waals surface area contributed by atoms with Gasteiger partial charge in [0.1, 0.15) is 5.65 Å². The Morgan fingerprint density at radius 1 is 1.26 bits per heavy atom. The predicted octanol–water partition coefficient (Wildman–Crippen LogP) is 4.42. The van der Waals surface area contributed by atoms with Gasteiger partial charge in [0.05, 0.1) is 11.3 Å². The zero-order chi connectivity index (χ0) is 16.2. The van der Waals surface area contributed by atoms with Gasteiger partial charge in [-0.1, -0.05) is 19.1 Å². The van der Waals surface area contributed by atoms with Gasteiger partial charge in [0.25, 0.3) is 5.91 Å². The van der Waals surface area contributed by atoms with Gasteiger partial charge in [-0.05, 0) is 36.9 Å². The molecule has 118 valence electrons. The van der Waals surface area contributed by atoms with E-state index in [2.05, 4.69) is 17.2 Å². The molecule has 2 heterocycles. The first-order chi connectivity index (χ1) is 11.2. The molecule has 0 aliphatic rings. The van der Waals surface area contributed by atoms with Gasteiger partial charge in [0.15, 0.2) is 0 Å². The number of fused-ring (bicyclic) bond motifs is 1. The van der Waals surface area contributed by atoms with E-state index in [1.54, 1.807) is 18.0 Å². The monoisotopic (exact) mass is 325 g/mol. The van der Waals surface area contributed by atoms with E-state index in [9.17, 15) is 4.79 Å². The number of hydrogen-bond acceptors (Lipinski definition) is 3. The second-order valence-electron chi connectivity index (χ2n) is 5.27. The molecule has 2 aromatic heterocycles. The van der Waals surface area contributed by atoms with Crippen LogP contribution in [-0.4, -0.2) is 21.7 Å². The van der Waals surface area contributed by atoms with Crippen molar-refractivity contribution in [1.82, 2.24) is 9.55 Å². The number of nitrogens with one attached hydrogen (secondary N) is 1. The van der Waals surface area contributed by atoms with Crippen molar-refractivity contribution >= 4 is 34.4 Å². The molecule has 0 spiro atoms. The summed E-state index contributed by atoms with van der Waals surface area (Å²) in [5, 5.41) is 3.91. The molecule has 0 atom stereocenters. The minimum Gasteiger partial charge on any atom is -0.332 e. The summed E-state index contributed by atoms with van der Waals surface area (Å²) in [7, 11) is 0. The van der Waals surface area contributed by atoms with E-state index < -0.39 is 0 Å². The lowest BCUT2D eigenvalue weighted by molar-refractivity contribution is 0.102. The topological polar surface area (TPSA) is 46.9 Å². The summed E-state index contributed by atoms with van der Waals surface area (Å²) < 4.78 is 2.05. The maximum Gasteiger partial charge on any atom is 0.257 e. The number of rotatable bonds is 5. The van der Waals surface area contributed by atoms with Crippen molar-refractivity contribution in [3.63, 3.8) is 0 Å². The van der Waals surface area contributed by atoms with Gasteiger partial charge >= 0.3 is 0 Å². The molecule has 0 bridgehead atoms. The number of carbonyl (C=O) groups is 1. The quantitative estimate of drug-likeness (QED) is 0.706. The van der Waals surface area contributed by atoms with E-state index in [-0.39, 0.29) is 5.91 Å². The molecule has 5 heteroatoms. The number of aromatic nitrogens is 2. The molecule has 3 rings (SSSR count). The number of nitrogens with zero attached hydrogens (tertiary/aromatic N) is 2. The van der Waals surface area contributed by atoms with Crippen LogP contribution in [-0.2, 0) is 6.54 Å². The fourth-order valence-electron chi connectivity index (χ4n) is 2.65. The van der Waals surface area contributed by atoms with Crippen molar-refractivity contribution in [1.29, 1.82) is 0 Å². The Kier molecular flexibility index (Phi) is 4.67. The summed E-state index contributed by atoms with van der Waals surface area (Å²) in [6.07, 6.45) is 6.66. The molecule has 0 saturated heterocycles. The largest absolute Gasteiger partial charge is 0.332 e. The summed E-state index contributed by atoms with van der Waals surface area (Å²) >= 11 is 1.62. The van der Waals surface area contributed by atoms with Gasteiger partial charge in [-0.15, -0.1) is 11.8 Å². The van der Waals surface area contributed by atoms with Crippen LogP contribution in [0.3, 0.4) is 0 Å². The zero-order valence-corrected chi connectivity index (χ0v) is 14.1. The van der Waals surface area contributed by atoms with Crippen molar-refractivity contribution < 1.29 is 4.79 Å². The molecular formula is C18H19N3OS. The Hall–Kier alpha value is -2.27. The fraction of sp³-hybridized carbons (Fsp3) is 0.222. The Morgan fingerprint density at radius 2 is 2.09 bits per heavy atom. The molecule has 0 aliphatic heterocycles. The molecule has 1 aromatic carbocycles. The third-order valence-corrected chi connectivity index (χ3v) is 4.49. The Balaban J connectivity index is 1.98. The number of pyridine rings is 1. The molecule has 0 unspecified atom stereocenters. The number of hydrogen-bond donors (Lipinski definition) is 1. The molecule has 0 saturated carbocycles. The van der Waals surface area contributed by atoms with Crippen LogP contribution in [0.15, 0.2) is 53.7 Å². The molecule has 4 nitrogen and oxygen atoms in total. The SMILES string of the molecule is CCCn1cc(C(=O)Nc2ccccc2SC)c2cccnc21. The molecule has 1 N–H and O–H groups in total. The second kappa shape index (κ2) is 6.87. The van der Waals surface area contributed by atoms with E-state index in [0.717, 1.165) is 34.6 Å². The third kappa shape index (κ3) is 3.10. The van der Waals surface area contributed by atoms with Crippen molar-refractivity contribution in [2.45, 2.75) is 24.8 Å². The number of para-hydroxylation sites is 1. The van der Waals surface area contributed by atoms with Crippen LogP contribution in [0.1, 0.15) is 23.7 Å². The highest BCUT2D eigenvalue weighted by Crippen LogP contribution is 2.26. The Labute approximate surface area is 139 Å². The lowest BCUT2D eigenvalue weighted by Crippen LogP contribution is -2.12. The average molecular weight is 325 g/mol. The van der Waals surface area contributed by atoms with Gasteiger partial charge in [-0.25, -0.2) is 4.98 Å². The van der Waals surface area contributed by atoms with Crippen LogP contribution in [0, 0.1) is 0 Å². The maximum atomic E-state index is 12.8. The number of anilines is 1. The highest BCUT2D eigenvalue weighted by molar-refractivity contribution is 7.98. The van der Waals surface area contributed by atoms with Gasteiger partial charge in [0.2, 0.25) is 0 Å². The van der Waals surface area contributed by atoms with E-state index in [1.165, 1.54) is 0 Å². The van der Waals surface area contributed by atoms with Gasteiger partial charge in [0, 0.05) is 29.2 Å². The molecule has 3 aromatic rings. The minimum absolute atomic E-state index is 0.0978. The molecule has 1 amide bonds. The van der Waals surface area contributed by atoms with E-state index in [4.69, 9.17) is 0 Å². The minimum atomic E-state index is -0.0978. The molecule has 0 radical (unpaired) electrons. The number of thioether (sulfide) groups is 1. The van der Waals surface area contributed by atoms with Gasteiger partial charge in [-0.2, -0.15) is 0 Å². The fourth-order valence-corrected chi connectivity index (χ4v) is 3.21. The summed E-state index contributed by atoms with van der Waals surface area (Å²) in [5.74, 6) is -0.0978. The average Bonchev–Trinajstić information content (AvgIpc) is 2.95. The van der Waals surface area contributed by atoms with Gasteiger partial charge in [-0.3, -0.25) is 4.79 Å². The van der Waals surface area contributed by atoms with Crippen molar-refractivity contribution in [2.75, 3.05) is 11.6 Å². The smallest absolute Gasteiger partial charge is 0.257 e. The molecule has 23 heavy (non-hydrogen) atoms. The standard InChI is InChI=1S/C18H19N3OS/c1-3-11-21-12-14(13-7-6-10-19-17(13)21)18(22)20-15-8-4-5-9-16(15)23-2/h4-10,12H,3,11H2,1-2H3,(H,20,22). The number of amides is 1. The second-order valence-corrected chi connectivity index (χ2v) is 6.11. The maximum absolute atomic E-state index is 12.8. The summed E-state index contributed by atoms with van der Waals surface area (Å²) in [5.41, 5.74) is 2.36. The number of benzene rings is 1. The lowest BCUT2D eigenvalue weighted by atomic mass is 10.2. The molecule has 0 aliphatic carbocycles. The van der Waals surface area contributed by atoms with E-state index in [1.807, 2.05) is 53.4 Å². The summed E-state index contributed by atoms with van der Waals surface area (Å²) in [6, 6.07) is 11.6. The van der Waals surface area contributed by atoms with Gasteiger partial charge < -0.3 is 9.88 Å². The van der Waals surface area contributed by atoms with Crippen molar-refractivity contribution in [3.8, 4) is 0 Å². The van der Waals surface area contributed by atoms with Crippen LogP contribution >= 0.6 is 11.8 Å². The third-order valence-electron chi connectivity index (χ3n) is 3.70. The van der Waals surface area contributed by atoms with E-state index >= 15 is 0 Å². The van der Waals surface area contributed by atoms with Crippen LogP contribution in [0.2, 0.25) is 0 Å². The van der Waals surface area contributed by atoms with Crippen molar-refractivity contribution in [2.24, 2.45) is 0 Å². The summed E-state index contributed by atoms with van der Waals surface area (Å²) in [4.78, 5) is 18.2. The Bertz CT molecular complexity index is 841. The first-order valence-corrected chi connectivity index (χ1v) is 8.85. The predicted molar refractivity (Wildman–Crippen MR) is 96.2 cm³/mol. The summed E-state index contributed by atoms with van der Waals surface area (Å²) in [6.45, 7) is 2.96. The molecular weight excluding hydrogens is 306 g/mol. The first-order valence-electron chi connectivity index (χ1n) is 7.62. The highest BCUT2D eigenvalue weighted by atomic mass is 32.2. The zero-order valence-electron chi connectivity index (χ0n) is 13.2. The number of carbonyl (C=O) groups excluding carboxylic acids is 1. The Morgan fingerprint density at radius 3 is 2.87 bits per heavy atom. The normalized spacial score (nSPS) is 10.9. The van der Waals surface area contributed by atoms with Crippen LogP contribution in [0.4, 0.5) is 5.69 Å². The highest BCUT2D eigenvalue weighted by Gasteiger charge is 2.16.